The van der Waals surface area contributed by atoms with Gasteiger partial charge >= 0.3 is 0 Å². The van der Waals surface area contributed by atoms with E-state index in [9.17, 15) is 23.3 Å². The quantitative estimate of drug-likeness (QED) is 0.382. The van der Waals surface area contributed by atoms with Crippen molar-refractivity contribution in [3.8, 4) is 0 Å². The number of nitrogens with zero attached hydrogens (tertiary/aromatic N) is 2. The molecule has 0 saturated heterocycles. The van der Waals surface area contributed by atoms with Gasteiger partial charge in [0.2, 0.25) is 15.9 Å². The van der Waals surface area contributed by atoms with Crippen LogP contribution in [0.4, 0.5) is 17.1 Å². The van der Waals surface area contributed by atoms with Crippen LogP contribution in [0.25, 0.3) is 0 Å². The lowest BCUT2D eigenvalue weighted by Gasteiger charge is -2.29. The molecule has 0 fully saturated rings. The number of amides is 1. The number of non-ortho nitro benzene ring substituents is 1. The normalized spacial score (nSPS) is 12.3. The van der Waals surface area contributed by atoms with Crippen molar-refractivity contribution < 1.29 is 18.1 Å². The number of nitro benzene ring substituents is 1. The molecule has 1 N–H and O–H groups in total. The van der Waals surface area contributed by atoms with Crippen molar-refractivity contribution in [3.63, 3.8) is 0 Å². The number of nitro groups is 1. The zero-order valence-corrected chi connectivity index (χ0v) is 18.2. The first-order valence-electron chi connectivity index (χ1n) is 8.83. The molecule has 0 bridgehead atoms. The van der Waals surface area contributed by atoms with E-state index in [0.717, 1.165) is 21.2 Å². The Morgan fingerprint density at radius 1 is 1.28 bits per heavy atom. The van der Waals surface area contributed by atoms with Crippen LogP contribution in [0.1, 0.15) is 19.4 Å². The van der Waals surface area contributed by atoms with Gasteiger partial charge in [0.15, 0.2) is 0 Å². The molecule has 156 valence electrons. The first kappa shape index (κ1) is 22.7. The second-order valence-electron chi connectivity index (χ2n) is 6.38. The number of nitrogens with one attached hydrogen (secondary N) is 1. The van der Waals surface area contributed by atoms with Crippen LogP contribution in [0.2, 0.25) is 0 Å². The summed E-state index contributed by atoms with van der Waals surface area (Å²) in [5.74, 6) is 0.274. The summed E-state index contributed by atoms with van der Waals surface area (Å²) >= 11 is 1.55. The van der Waals surface area contributed by atoms with E-state index in [4.69, 9.17) is 0 Å². The number of sulfonamides is 1. The molecule has 8 nitrogen and oxygen atoms in total. The van der Waals surface area contributed by atoms with Crippen molar-refractivity contribution >= 4 is 44.8 Å². The minimum absolute atomic E-state index is 0.0977. The van der Waals surface area contributed by atoms with Gasteiger partial charge < -0.3 is 5.32 Å². The third kappa shape index (κ3) is 5.48. The highest BCUT2D eigenvalue weighted by Crippen LogP contribution is 2.31. The van der Waals surface area contributed by atoms with Crippen LogP contribution in [-0.2, 0) is 14.8 Å². The smallest absolute Gasteiger partial charge is 0.271 e. The molecule has 2 aromatic rings. The third-order valence-corrected chi connectivity index (χ3v) is 6.36. The topological polar surface area (TPSA) is 110 Å². The van der Waals surface area contributed by atoms with Crippen LogP contribution in [0.15, 0.2) is 47.4 Å². The van der Waals surface area contributed by atoms with E-state index in [1.807, 2.05) is 19.1 Å². The molecule has 29 heavy (non-hydrogen) atoms. The standard InChI is InChI=1S/C19H23N3O5S2/c1-5-28-18-9-7-6-8-16(18)20-19(23)14(3)21(29(4,26)27)17-12-15(22(24)25)11-10-13(17)2/h6-12,14H,5H2,1-4H3,(H,20,23)/t14-/m0/s1. The van der Waals surface area contributed by atoms with E-state index in [-0.39, 0.29) is 11.4 Å². The van der Waals surface area contributed by atoms with Crippen LogP contribution in [0.5, 0.6) is 0 Å². The van der Waals surface area contributed by atoms with Gasteiger partial charge in [-0.05, 0) is 37.3 Å². The van der Waals surface area contributed by atoms with E-state index in [1.165, 1.54) is 25.1 Å². The van der Waals surface area contributed by atoms with Crippen molar-refractivity contribution in [2.24, 2.45) is 0 Å². The molecular weight excluding hydrogens is 414 g/mol. The average molecular weight is 438 g/mol. The van der Waals surface area contributed by atoms with E-state index in [2.05, 4.69) is 5.32 Å². The molecule has 0 aromatic heterocycles. The van der Waals surface area contributed by atoms with Crippen molar-refractivity contribution in [2.45, 2.75) is 31.7 Å². The molecule has 0 unspecified atom stereocenters. The number of benzene rings is 2. The van der Waals surface area contributed by atoms with Crippen LogP contribution in [0.3, 0.4) is 0 Å². The maximum absolute atomic E-state index is 12.9. The average Bonchev–Trinajstić information content (AvgIpc) is 2.63. The van der Waals surface area contributed by atoms with Gasteiger partial charge in [-0.25, -0.2) is 8.42 Å². The molecule has 0 aliphatic heterocycles. The number of rotatable bonds is 8. The van der Waals surface area contributed by atoms with Crippen LogP contribution in [0, 0.1) is 17.0 Å². The minimum Gasteiger partial charge on any atom is -0.323 e. The summed E-state index contributed by atoms with van der Waals surface area (Å²) in [7, 11) is -3.90. The summed E-state index contributed by atoms with van der Waals surface area (Å²) in [5.41, 5.74) is 0.931. The third-order valence-electron chi connectivity index (χ3n) is 4.17. The zero-order valence-electron chi connectivity index (χ0n) is 16.6. The van der Waals surface area contributed by atoms with Crippen molar-refractivity contribution in [2.75, 3.05) is 21.6 Å². The van der Waals surface area contributed by atoms with Gasteiger partial charge in [-0.2, -0.15) is 0 Å². The number of para-hydroxylation sites is 1. The predicted octanol–water partition coefficient (Wildman–Crippen LogP) is 3.81. The monoisotopic (exact) mass is 437 g/mol. The van der Waals surface area contributed by atoms with Crippen LogP contribution < -0.4 is 9.62 Å². The van der Waals surface area contributed by atoms with E-state index in [1.54, 1.807) is 30.8 Å². The fraction of sp³-hybridized carbons (Fsp3) is 0.316. The van der Waals surface area contributed by atoms with E-state index in [0.29, 0.717) is 11.3 Å². The van der Waals surface area contributed by atoms with Gasteiger partial charge in [0, 0.05) is 17.0 Å². The Kier molecular flexibility index (Phi) is 7.26. The molecule has 0 saturated carbocycles. The SMILES string of the molecule is CCSc1ccccc1NC(=O)[C@H](C)N(c1cc([N+](=O)[O-])ccc1C)S(C)(=O)=O. The maximum Gasteiger partial charge on any atom is 0.271 e. The second-order valence-corrected chi connectivity index (χ2v) is 9.55. The summed E-state index contributed by atoms with van der Waals surface area (Å²) in [5, 5.41) is 13.9. The van der Waals surface area contributed by atoms with Crippen molar-refractivity contribution in [1.82, 2.24) is 0 Å². The summed E-state index contributed by atoms with van der Waals surface area (Å²) in [6.45, 7) is 5.07. The molecule has 1 atom stereocenters. The molecule has 0 aliphatic carbocycles. The Morgan fingerprint density at radius 3 is 2.52 bits per heavy atom. The highest BCUT2D eigenvalue weighted by atomic mass is 32.2. The van der Waals surface area contributed by atoms with Crippen molar-refractivity contribution in [3.05, 3.63) is 58.1 Å². The fourth-order valence-electron chi connectivity index (χ4n) is 2.82. The lowest BCUT2D eigenvalue weighted by molar-refractivity contribution is -0.384. The lowest BCUT2D eigenvalue weighted by Crippen LogP contribution is -2.45. The molecular formula is C19H23N3O5S2. The van der Waals surface area contributed by atoms with Gasteiger partial charge in [0.1, 0.15) is 6.04 Å². The van der Waals surface area contributed by atoms with Gasteiger partial charge in [0.25, 0.3) is 5.69 Å². The predicted molar refractivity (Wildman–Crippen MR) is 116 cm³/mol. The lowest BCUT2D eigenvalue weighted by atomic mass is 10.1. The van der Waals surface area contributed by atoms with Gasteiger partial charge in [-0.3, -0.25) is 19.2 Å². The summed E-state index contributed by atoms with van der Waals surface area (Å²) in [4.78, 5) is 24.3. The summed E-state index contributed by atoms with van der Waals surface area (Å²) in [6, 6.07) is 10.0. The zero-order chi connectivity index (χ0) is 21.8. The van der Waals surface area contributed by atoms with Gasteiger partial charge in [0.05, 0.1) is 22.6 Å². The number of hydrogen-bond acceptors (Lipinski definition) is 6. The molecule has 0 spiro atoms. The Labute approximate surface area is 174 Å². The first-order valence-corrected chi connectivity index (χ1v) is 11.7. The Hall–Kier alpha value is -2.59. The molecule has 0 radical (unpaired) electrons. The fourth-order valence-corrected chi connectivity index (χ4v) is 4.80. The highest BCUT2D eigenvalue weighted by molar-refractivity contribution is 7.99. The minimum atomic E-state index is -3.90. The number of carbonyl (C=O) groups is 1. The number of anilines is 2. The Bertz CT molecular complexity index is 1020. The largest absolute Gasteiger partial charge is 0.323 e. The molecule has 0 heterocycles. The number of carbonyl (C=O) groups excluding carboxylic acids is 1. The molecule has 10 heteroatoms. The van der Waals surface area contributed by atoms with Crippen LogP contribution in [-0.4, -0.2) is 37.3 Å². The van der Waals surface area contributed by atoms with Crippen molar-refractivity contribution in [1.29, 1.82) is 0 Å². The second kappa shape index (κ2) is 9.27. The summed E-state index contributed by atoms with van der Waals surface area (Å²) < 4.78 is 25.9. The molecule has 2 rings (SSSR count). The maximum atomic E-state index is 12.9. The number of hydrogen-bond donors (Lipinski definition) is 1. The van der Waals surface area contributed by atoms with Gasteiger partial charge in [-0.1, -0.05) is 25.1 Å². The first-order chi connectivity index (χ1) is 13.6. The van der Waals surface area contributed by atoms with Crippen LogP contribution >= 0.6 is 11.8 Å². The highest BCUT2D eigenvalue weighted by Gasteiger charge is 2.31. The van der Waals surface area contributed by atoms with E-state index >= 15 is 0 Å². The number of thioether (sulfide) groups is 1. The Balaban J connectivity index is 2.43. The number of aryl methyl sites for hydroxylation is 1. The molecule has 1 amide bonds. The van der Waals surface area contributed by atoms with Gasteiger partial charge in [-0.15, -0.1) is 11.8 Å². The van der Waals surface area contributed by atoms with E-state index < -0.39 is 26.9 Å². The Morgan fingerprint density at radius 2 is 1.93 bits per heavy atom. The summed E-state index contributed by atoms with van der Waals surface area (Å²) in [6.07, 6.45) is 0.968. The molecule has 2 aromatic carbocycles. The molecule has 0 aliphatic rings.